The van der Waals surface area contributed by atoms with E-state index in [0.29, 0.717) is 21.4 Å². The number of hydrogen-bond acceptors (Lipinski definition) is 3. The molecule has 1 heterocycles. The number of hydrogen-bond donors (Lipinski definition) is 1. The standard InChI is InChI=1S/C15H11BrN2O2/c1-20-15(19)13-9(5-4-6-10(13)16)14-17-11-7-2-3-8-12(11)18-14/h2-8H,1H3,(H,17,18). The first-order valence-electron chi connectivity index (χ1n) is 6.02. The minimum atomic E-state index is -0.395. The minimum absolute atomic E-state index is 0.395. The molecule has 5 heteroatoms. The molecule has 100 valence electrons. The van der Waals surface area contributed by atoms with E-state index < -0.39 is 5.97 Å². The zero-order chi connectivity index (χ0) is 14.1. The summed E-state index contributed by atoms with van der Waals surface area (Å²) in [7, 11) is 1.37. The van der Waals surface area contributed by atoms with Crippen molar-refractivity contribution in [3.05, 3.63) is 52.5 Å². The van der Waals surface area contributed by atoms with E-state index in [1.807, 2.05) is 36.4 Å². The van der Waals surface area contributed by atoms with Gasteiger partial charge in [-0.2, -0.15) is 0 Å². The number of nitrogens with zero attached hydrogens (tertiary/aromatic N) is 1. The van der Waals surface area contributed by atoms with Crippen LogP contribution in [-0.4, -0.2) is 23.0 Å². The first-order valence-corrected chi connectivity index (χ1v) is 6.82. The van der Waals surface area contributed by atoms with Gasteiger partial charge in [-0.1, -0.05) is 24.3 Å². The summed E-state index contributed by atoms with van der Waals surface area (Å²) in [6.45, 7) is 0. The molecule has 0 radical (unpaired) electrons. The molecule has 2 aromatic carbocycles. The predicted octanol–water partition coefficient (Wildman–Crippen LogP) is 3.78. The maximum atomic E-state index is 11.9. The quantitative estimate of drug-likeness (QED) is 0.727. The number of rotatable bonds is 2. The van der Waals surface area contributed by atoms with E-state index >= 15 is 0 Å². The van der Waals surface area contributed by atoms with Crippen molar-refractivity contribution < 1.29 is 9.53 Å². The normalized spacial score (nSPS) is 10.7. The molecule has 0 spiro atoms. The molecule has 0 bridgehead atoms. The molecule has 0 aliphatic rings. The third-order valence-corrected chi connectivity index (χ3v) is 3.71. The van der Waals surface area contributed by atoms with Crippen LogP contribution >= 0.6 is 15.9 Å². The third-order valence-electron chi connectivity index (χ3n) is 3.05. The Morgan fingerprint density at radius 1 is 1.20 bits per heavy atom. The van der Waals surface area contributed by atoms with Gasteiger partial charge < -0.3 is 9.72 Å². The number of carbonyl (C=O) groups is 1. The Balaban J connectivity index is 2.23. The number of nitrogens with one attached hydrogen (secondary N) is 1. The molecule has 4 nitrogen and oxygen atoms in total. The van der Waals surface area contributed by atoms with E-state index in [2.05, 4.69) is 25.9 Å². The Kier molecular flexibility index (Phi) is 3.28. The van der Waals surface area contributed by atoms with Crippen LogP contribution in [-0.2, 0) is 4.74 Å². The van der Waals surface area contributed by atoms with Crippen molar-refractivity contribution in [3.63, 3.8) is 0 Å². The number of para-hydroxylation sites is 2. The Morgan fingerprint density at radius 2 is 2.00 bits per heavy atom. The second-order valence-electron chi connectivity index (χ2n) is 4.26. The van der Waals surface area contributed by atoms with Crippen molar-refractivity contribution in [2.75, 3.05) is 7.11 Å². The number of ether oxygens (including phenoxy) is 1. The van der Waals surface area contributed by atoms with Crippen molar-refractivity contribution >= 4 is 32.9 Å². The topological polar surface area (TPSA) is 55.0 Å². The highest BCUT2D eigenvalue weighted by atomic mass is 79.9. The van der Waals surface area contributed by atoms with Crippen LogP contribution < -0.4 is 0 Å². The first kappa shape index (κ1) is 12.9. The van der Waals surface area contributed by atoms with Gasteiger partial charge in [0.1, 0.15) is 5.82 Å². The van der Waals surface area contributed by atoms with E-state index in [-0.39, 0.29) is 0 Å². The number of imidazole rings is 1. The van der Waals surface area contributed by atoms with Gasteiger partial charge in [0.15, 0.2) is 0 Å². The average molecular weight is 331 g/mol. The lowest BCUT2D eigenvalue weighted by molar-refractivity contribution is 0.0600. The summed E-state index contributed by atoms with van der Waals surface area (Å²) in [6.07, 6.45) is 0. The molecule has 0 saturated carbocycles. The summed E-state index contributed by atoms with van der Waals surface area (Å²) < 4.78 is 5.53. The Morgan fingerprint density at radius 3 is 2.75 bits per heavy atom. The minimum Gasteiger partial charge on any atom is -0.465 e. The van der Waals surface area contributed by atoms with Gasteiger partial charge in [-0.25, -0.2) is 9.78 Å². The second-order valence-corrected chi connectivity index (χ2v) is 5.11. The average Bonchev–Trinajstić information content (AvgIpc) is 2.90. The molecule has 0 amide bonds. The van der Waals surface area contributed by atoms with Crippen molar-refractivity contribution in [1.29, 1.82) is 0 Å². The molecule has 20 heavy (non-hydrogen) atoms. The van der Waals surface area contributed by atoms with Crippen molar-refractivity contribution in [3.8, 4) is 11.4 Å². The monoisotopic (exact) mass is 330 g/mol. The lowest BCUT2D eigenvalue weighted by Crippen LogP contribution is -2.05. The highest BCUT2D eigenvalue weighted by Gasteiger charge is 2.18. The van der Waals surface area contributed by atoms with E-state index in [9.17, 15) is 4.79 Å². The maximum Gasteiger partial charge on any atom is 0.339 e. The Labute approximate surface area is 123 Å². The molecule has 0 unspecified atom stereocenters. The van der Waals surface area contributed by atoms with E-state index in [0.717, 1.165) is 11.0 Å². The van der Waals surface area contributed by atoms with Crippen LogP contribution in [0.3, 0.4) is 0 Å². The molecule has 0 aliphatic heterocycles. The van der Waals surface area contributed by atoms with Gasteiger partial charge in [-0.15, -0.1) is 0 Å². The molecule has 0 fully saturated rings. The summed E-state index contributed by atoms with van der Waals surface area (Å²) in [5.74, 6) is 0.251. The van der Waals surface area contributed by atoms with Crippen LogP contribution in [0.25, 0.3) is 22.4 Å². The lowest BCUT2D eigenvalue weighted by Gasteiger charge is -2.07. The van der Waals surface area contributed by atoms with E-state index in [1.54, 1.807) is 6.07 Å². The summed E-state index contributed by atoms with van der Waals surface area (Å²) >= 11 is 3.39. The number of halogens is 1. The van der Waals surface area contributed by atoms with Crippen molar-refractivity contribution in [1.82, 2.24) is 9.97 Å². The zero-order valence-corrected chi connectivity index (χ0v) is 12.3. The zero-order valence-electron chi connectivity index (χ0n) is 10.7. The molecule has 1 N–H and O–H groups in total. The predicted molar refractivity (Wildman–Crippen MR) is 80.6 cm³/mol. The lowest BCUT2D eigenvalue weighted by atomic mass is 10.1. The van der Waals surface area contributed by atoms with Gasteiger partial charge in [-0.05, 0) is 34.1 Å². The van der Waals surface area contributed by atoms with Gasteiger partial charge in [0, 0.05) is 10.0 Å². The van der Waals surface area contributed by atoms with Gasteiger partial charge in [0.05, 0.1) is 23.7 Å². The fourth-order valence-electron chi connectivity index (χ4n) is 2.11. The highest BCUT2D eigenvalue weighted by molar-refractivity contribution is 9.10. The molecule has 3 rings (SSSR count). The van der Waals surface area contributed by atoms with E-state index in [1.165, 1.54) is 7.11 Å². The number of esters is 1. The van der Waals surface area contributed by atoms with Crippen LogP contribution in [0.4, 0.5) is 0 Å². The number of H-pyrrole nitrogens is 1. The van der Waals surface area contributed by atoms with Crippen LogP contribution in [0, 0.1) is 0 Å². The van der Waals surface area contributed by atoms with Crippen LogP contribution in [0.15, 0.2) is 46.9 Å². The number of fused-ring (bicyclic) bond motifs is 1. The molecule has 0 saturated heterocycles. The number of aromatic amines is 1. The Bertz CT molecular complexity index is 762. The van der Waals surface area contributed by atoms with Crippen molar-refractivity contribution in [2.24, 2.45) is 0 Å². The summed E-state index contributed by atoms with van der Waals surface area (Å²) in [6, 6.07) is 13.2. The summed E-state index contributed by atoms with van der Waals surface area (Å²) in [5.41, 5.74) is 2.97. The number of carbonyl (C=O) groups excluding carboxylic acids is 1. The number of aromatic nitrogens is 2. The number of benzene rings is 2. The third kappa shape index (κ3) is 2.10. The smallest absolute Gasteiger partial charge is 0.339 e. The molecule has 3 aromatic rings. The van der Waals surface area contributed by atoms with Gasteiger partial charge in [-0.3, -0.25) is 0 Å². The molecule has 0 atom stereocenters. The molecule has 0 aliphatic carbocycles. The fourth-order valence-corrected chi connectivity index (χ4v) is 2.64. The SMILES string of the molecule is COC(=O)c1c(Br)cccc1-c1nc2ccccc2[nH]1. The van der Waals surface area contributed by atoms with Crippen LogP contribution in [0.2, 0.25) is 0 Å². The molecular formula is C15H11BrN2O2. The summed E-state index contributed by atoms with van der Waals surface area (Å²) in [4.78, 5) is 19.7. The fraction of sp³-hybridized carbons (Fsp3) is 0.0667. The largest absolute Gasteiger partial charge is 0.465 e. The second kappa shape index (κ2) is 5.09. The van der Waals surface area contributed by atoms with Gasteiger partial charge in [0.25, 0.3) is 0 Å². The Hall–Kier alpha value is -2.14. The molecular weight excluding hydrogens is 320 g/mol. The maximum absolute atomic E-state index is 11.9. The van der Waals surface area contributed by atoms with E-state index in [4.69, 9.17) is 4.74 Å². The first-order chi connectivity index (χ1) is 9.70. The molecule has 1 aromatic heterocycles. The van der Waals surface area contributed by atoms with Gasteiger partial charge >= 0.3 is 5.97 Å². The van der Waals surface area contributed by atoms with Crippen LogP contribution in [0.5, 0.6) is 0 Å². The van der Waals surface area contributed by atoms with Crippen LogP contribution in [0.1, 0.15) is 10.4 Å². The summed E-state index contributed by atoms with van der Waals surface area (Å²) in [5, 5.41) is 0. The number of methoxy groups -OCH3 is 1. The highest BCUT2D eigenvalue weighted by Crippen LogP contribution is 2.29. The van der Waals surface area contributed by atoms with Gasteiger partial charge in [0.2, 0.25) is 0 Å². The van der Waals surface area contributed by atoms with Crippen molar-refractivity contribution in [2.45, 2.75) is 0 Å².